The molecule has 0 radical (unpaired) electrons. The third-order valence-electron chi connectivity index (χ3n) is 10.0. The zero-order valence-corrected chi connectivity index (χ0v) is 26.4. The van der Waals surface area contributed by atoms with Gasteiger partial charge in [-0.2, -0.15) is 0 Å². The summed E-state index contributed by atoms with van der Waals surface area (Å²) in [5.41, 5.74) is 10.7. The van der Waals surface area contributed by atoms with Crippen LogP contribution in [-0.2, 0) is 5.41 Å². The van der Waals surface area contributed by atoms with Crippen molar-refractivity contribution in [1.82, 2.24) is 0 Å². The second-order valence-corrected chi connectivity index (χ2v) is 14.1. The molecule has 1 aliphatic rings. The van der Waals surface area contributed by atoms with E-state index in [0.717, 1.165) is 28.2 Å². The summed E-state index contributed by atoms with van der Waals surface area (Å²) in [6.07, 6.45) is 0. The van der Waals surface area contributed by atoms with E-state index in [-0.39, 0.29) is 5.41 Å². The number of hydrogen-bond acceptors (Lipinski definition) is 3. The molecule has 218 valence electrons. The van der Waals surface area contributed by atoms with E-state index in [1.165, 1.54) is 64.0 Å². The highest BCUT2D eigenvalue weighted by atomic mass is 32.1. The van der Waals surface area contributed by atoms with Crippen molar-refractivity contribution in [2.45, 2.75) is 19.3 Å². The monoisotopic (exact) mass is 607 g/mol. The van der Waals surface area contributed by atoms with Crippen LogP contribution in [0.15, 0.2) is 144 Å². The van der Waals surface area contributed by atoms with Crippen molar-refractivity contribution in [3.63, 3.8) is 0 Å². The summed E-state index contributed by atoms with van der Waals surface area (Å²) in [4.78, 5) is 2.39. The Kier molecular flexibility index (Phi) is 5.25. The predicted molar refractivity (Wildman–Crippen MR) is 196 cm³/mol. The van der Waals surface area contributed by atoms with Crippen LogP contribution in [0.25, 0.3) is 64.0 Å². The van der Waals surface area contributed by atoms with E-state index < -0.39 is 0 Å². The molecule has 3 heteroatoms. The van der Waals surface area contributed by atoms with Crippen LogP contribution in [-0.4, -0.2) is 0 Å². The molecule has 0 bridgehead atoms. The fourth-order valence-electron chi connectivity index (χ4n) is 7.76. The highest BCUT2D eigenvalue weighted by Gasteiger charge is 2.35. The summed E-state index contributed by atoms with van der Waals surface area (Å²) < 4.78 is 9.13. The molecule has 2 heterocycles. The van der Waals surface area contributed by atoms with E-state index in [9.17, 15) is 0 Å². The highest BCUT2D eigenvalue weighted by Crippen LogP contribution is 2.51. The Balaban J connectivity index is 1.16. The Morgan fingerprint density at radius 2 is 1.22 bits per heavy atom. The van der Waals surface area contributed by atoms with Gasteiger partial charge in [0, 0.05) is 53.4 Å². The zero-order chi connectivity index (χ0) is 30.6. The van der Waals surface area contributed by atoms with Gasteiger partial charge in [-0.1, -0.05) is 92.7 Å². The molecular formula is C43H29NOS. The standard InChI is InChI=1S/C43H29NOS/c1-43(2)36-15-9-8-14-31(36)32-18-16-29(24-37(32)43)44(28-12-4-3-5-13-28)30-17-19-34-40(25-30)46-39-21-20-33-35-22-26-10-6-7-11-27(26)23-38(35)45-42(33)41(34)39/h3-25H,1-2H3. The van der Waals surface area contributed by atoms with Crippen LogP contribution in [0.5, 0.6) is 0 Å². The maximum Gasteiger partial charge on any atom is 0.144 e. The minimum atomic E-state index is -0.0659. The molecule has 0 saturated heterocycles. The second kappa shape index (κ2) is 9.32. The van der Waals surface area contributed by atoms with Gasteiger partial charge in [0.05, 0.1) is 0 Å². The Hall–Kier alpha value is -5.38. The molecule has 0 fully saturated rings. The Bertz CT molecular complexity index is 2680. The minimum absolute atomic E-state index is 0.0659. The first kappa shape index (κ1) is 25.9. The molecule has 0 atom stereocenters. The van der Waals surface area contributed by atoms with Gasteiger partial charge in [-0.05, 0) is 93.7 Å². The van der Waals surface area contributed by atoms with Gasteiger partial charge in [0.15, 0.2) is 0 Å². The first-order valence-corrected chi connectivity index (χ1v) is 16.7. The topological polar surface area (TPSA) is 16.4 Å². The maximum absolute atomic E-state index is 6.64. The van der Waals surface area contributed by atoms with Gasteiger partial charge < -0.3 is 9.32 Å². The molecule has 46 heavy (non-hydrogen) atoms. The molecule has 10 rings (SSSR count). The van der Waals surface area contributed by atoms with Gasteiger partial charge in [-0.15, -0.1) is 11.3 Å². The normalized spacial score (nSPS) is 13.6. The number of benzene rings is 7. The molecule has 7 aromatic carbocycles. The molecule has 0 amide bonds. The third kappa shape index (κ3) is 3.58. The number of anilines is 3. The summed E-state index contributed by atoms with van der Waals surface area (Å²) in [5, 5.41) is 7.21. The maximum atomic E-state index is 6.64. The van der Waals surface area contributed by atoms with E-state index in [1.54, 1.807) is 0 Å². The van der Waals surface area contributed by atoms with Crippen LogP contribution in [0, 0.1) is 0 Å². The van der Waals surface area contributed by atoms with E-state index in [4.69, 9.17) is 4.42 Å². The highest BCUT2D eigenvalue weighted by molar-refractivity contribution is 7.26. The summed E-state index contributed by atoms with van der Waals surface area (Å²) in [5.74, 6) is 0. The molecule has 2 aromatic heterocycles. The van der Waals surface area contributed by atoms with Crippen molar-refractivity contribution >= 4 is 81.3 Å². The number of rotatable bonds is 3. The van der Waals surface area contributed by atoms with Crippen LogP contribution in [0.3, 0.4) is 0 Å². The first-order valence-electron chi connectivity index (χ1n) is 15.8. The van der Waals surface area contributed by atoms with E-state index in [2.05, 4.69) is 158 Å². The van der Waals surface area contributed by atoms with Gasteiger partial charge in [0.2, 0.25) is 0 Å². The fourth-order valence-corrected chi connectivity index (χ4v) is 8.90. The zero-order valence-electron chi connectivity index (χ0n) is 25.5. The Morgan fingerprint density at radius 1 is 0.522 bits per heavy atom. The van der Waals surface area contributed by atoms with Crippen molar-refractivity contribution in [3.8, 4) is 11.1 Å². The summed E-state index contributed by atoms with van der Waals surface area (Å²) >= 11 is 1.84. The van der Waals surface area contributed by atoms with Gasteiger partial charge in [-0.3, -0.25) is 0 Å². The number of furan rings is 1. The fraction of sp³-hybridized carbons (Fsp3) is 0.0698. The largest absolute Gasteiger partial charge is 0.455 e. The van der Waals surface area contributed by atoms with Gasteiger partial charge in [-0.25, -0.2) is 0 Å². The molecule has 2 nitrogen and oxygen atoms in total. The lowest BCUT2D eigenvalue weighted by Gasteiger charge is -2.28. The number of para-hydroxylation sites is 1. The van der Waals surface area contributed by atoms with Gasteiger partial charge in [0.1, 0.15) is 11.2 Å². The van der Waals surface area contributed by atoms with Crippen LogP contribution in [0.1, 0.15) is 25.0 Å². The number of fused-ring (bicyclic) bond motifs is 11. The van der Waals surface area contributed by atoms with Crippen molar-refractivity contribution in [3.05, 3.63) is 151 Å². The number of thiophene rings is 1. The molecule has 0 N–H and O–H groups in total. The summed E-state index contributed by atoms with van der Waals surface area (Å²) in [6, 6.07) is 50.9. The van der Waals surface area contributed by atoms with Crippen molar-refractivity contribution in [2.24, 2.45) is 0 Å². The molecule has 9 aromatic rings. The first-order chi connectivity index (χ1) is 22.5. The minimum Gasteiger partial charge on any atom is -0.455 e. The van der Waals surface area contributed by atoms with Crippen LogP contribution >= 0.6 is 11.3 Å². The lowest BCUT2D eigenvalue weighted by Crippen LogP contribution is -2.16. The lowest BCUT2D eigenvalue weighted by atomic mass is 9.82. The average Bonchev–Trinajstić information content (AvgIpc) is 3.71. The number of nitrogens with zero attached hydrogens (tertiary/aromatic N) is 1. The van der Waals surface area contributed by atoms with E-state index >= 15 is 0 Å². The third-order valence-corrected chi connectivity index (χ3v) is 11.1. The quantitative estimate of drug-likeness (QED) is 0.199. The smallest absolute Gasteiger partial charge is 0.144 e. The van der Waals surface area contributed by atoms with Gasteiger partial charge in [0.25, 0.3) is 0 Å². The van der Waals surface area contributed by atoms with E-state index in [0.29, 0.717) is 0 Å². The molecule has 0 unspecified atom stereocenters. The lowest BCUT2D eigenvalue weighted by molar-refractivity contribution is 0.660. The molecule has 0 spiro atoms. The predicted octanol–water partition coefficient (Wildman–Crippen LogP) is 12.9. The van der Waals surface area contributed by atoms with Crippen LogP contribution in [0.2, 0.25) is 0 Å². The van der Waals surface area contributed by atoms with E-state index in [1.807, 2.05) is 11.3 Å². The van der Waals surface area contributed by atoms with Crippen LogP contribution < -0.4 is 4.90 Å². The van der Waals surface area contributed by atoms with Crippen molar-refractivity contribution in [2.75, 3.05) is 4.90 Å². The Labute approximate surface area is 270 Å². The second-order valence-electron chi connectivity index (χ2n) is 13.0. The van der Waals surface area contributed by atoms with Crippen molar-refractivity contribution < 1.29 is 4.42 Å². The molecule has 0 aliphatic heterocycles. The van der Waals surface area contributed by atoms with Gasteiger partial charge >= 0.3 is 0 Å². The summed E-state index contributed by atoms with van der Waals surface area (Å²) in [6.45, 7) is 4.69. The summed E-state index contributed by atoms with van der Waals surface area (Å²) in [7, 11) is 0. The van der Waals surface area contributed by atoms with Crippen molar-refractivity contribution in [1.29, 1.82) is 0 Å². The number of hydrogen-bond donors (Lipinski definition) is 0. The Morgan fingerprint density at radius 3 is 2.09 bits per heavy atom. The molecule has 1 aliphatic carbocycles. The molecular weight excluding hydrogens is 579 g/mol. The van der Waals surface area contributed by atoms with Crippen LogP contribution in [0.4, 0.5) is 17.1 Å². The SMILES string of the molecule is CC1(C)c2ccccc2-c2ccc(N(c3ccccc3)c3ccc4c(c3)sc3ccc5c6cc7ccccc7cc6oc5c34)cc21. The average molecular weight is 608 g/mol. The molecule has 0 saturated carbocycles.